The van der Waals surface area contributed by atoms with Crippen molar-refractivity contribution in [2.24, 2.45) is 0 Å². The van der Waals surface area contributed by atoms with E-state index in [9.17, 15) is 9.59 Å². The van der Waals surface area contributed by atoms with E-state index >= 15 is 0 Å². The lowest BCUT2D eigenvalue weighted by Gasteiger charge is -2.25. The third kappa shape index (κ3) is 4.84. The summed E-state index contributed by atoms with van der Waals surface area (Å²) < 4.78 is 5.18. The lowest BCUT2D eigenvalue weighted by atomic mass is 10.2. The van der Waals surface area contributed by atoms with Crippen LogP contribution < -0.4 is 10.1 Å². The molecule has 0 aliphatic heterocycles. The van der Waals surface area contributed by atoms with Gasteiger partial charge in [-0.15, -0.1) is 0 Å². The summed E-state index contributed by atoms with van der Waals surface area (Å²) in [7, 11) is 1.52. The van der Waals surface area contributed by atoms with E-state index in [-0.39, 0.29) is 18.4 Å². The van der Waals surface area contributed by atoms with Crippen LogP contribution >= 0.6 is 11.6 Å². The van der Waals surface area contributed by atoms with Gasteiger partial charge in [0.25, 0.3) is 0 Å². The SMILES string of the molecule is COc1ccc(Cl)cc1NC(=O)CCN(C1CC1)C(C)C(=O)O. The number of anilines is 1. The smallest absolute Gasteiger partial charge is 0.320 e. The molecule has 0 radical (unpaired) electrons. The molecular weight excluding hydrogens is 320 g/mol. The van der Waals surface area contributed by atoms with Crippen LogP contribution in [0.2, 0.25) is 5.02 Å². The van der Waals surface area contributed by atoms with Crippen molar-refractivity contribution in [3.63, 3.8) is 0 Å². The van der Waals surface area contributed by atoms with Gasteiger partial charge in [-0.05, 0) is 38.0 Å². The highest BCUT2D eigenvalue weighted by Crippen LogP contribution is 2.30. The summed E-state index contributed by atoms with van der Waals surface area (Å²) in [5.41, 5.74) is 0.509. The number of aliphatic carboxylic acids is 1. The zero-order chi connectivity index (χ0) is 17.0. The Morgan fingerprint density at radius 3 is 2.74 bits per heavy atom. The van der Waals surface area contributed by atoms with Crippen LogP contribution in [0.15, 0.2) is 18.2 Å². The first-order chi connectivity index (χ1) is 10.9. The number of amides is 1. The van der Waals surface area contributed by atoms with Crippen LogP contribution in [-0.4, -0.2) is 47.6 Å². The summed E-state index contributed by atoms with van der Waals surface area (Å²) in [6, 6.07) is 4.67. The number of halogens is 1. The Balaban J connectivity index is 1.94. The number of hydrogen-bond donors (Lipinski definition) is 2. The maximum absolute atomic E-state index is 12.1. The van der Waals surface area contributed by atoms with E-state index in [2.05, 4.69) is 5.32 Å². The number of ether oxygens (including phenoxy) is 1. The van der Waals surface area contributed by atoms with Gasteiger partial charge in [0, 0.05) is 24.0 Å². The molecule has 1 unspecified atom stereocenters. The quantitative estimate of drug-likeness (QED) is 0.760. The van der Waals surface area contributed by atoms with Gasteiger partial charge in [0.05, 0.1) is 12.8 Å². The third-order valence-electron chi connectivity index (χ3n) is 3.90. The summed E-state index contributed by atoms with van der Waals surface area (Å²) in [6.07, 6.45) is 2.19. The Kier molecular flexibility index (Phi) is 5.85. The third-order valence-corrected chi connectivity index (χ3v) is 4.14. The number of nitrogens with zero attached hydrogens (tertiary/aromatic N) is 1. The van der Waals surface area contributed by atoms with Crippen LogP contribution in [0.25, 0.3) is 0 Å². The lowest BCUT2D eigenvalue weighted by molar-refractivity contribution is -0.143. The summed E-state index contributed by atoms with van der Waals surface area (Å²) in [5.74, 6) is -0.539. The van der Waals surface area contributed by atoms with Crippen molar-refractivity contribution in [1.29, 1.82) is 0 Å². The fourth-order valence-corrected chi connectivity index (χ4v) is 2.63. The van der Waals surface area contributed by atoms with E-state index in [4.69, 9.17) is 21.4 Å². The van der Waals surface area contributed by atoms with Crippen molar-refractivity contribution in [3.05, 3.63) is 23.2 Å². The second-order valence-electron chi connectivity index (χ2n) is 5.63. The molecule has 1 aliphatic carbocycles. The van der Waals surface area contributed by atoms with Gasteiger partial charge < -0.3 is 15.2 Å². The van der Waals surface area contributed by atoms with Crippen molar-refractivity contribution in [1.82, 2.24) is 4.90 Å². The molecule has 0 bridgehead atoms. The highest BCUT2D eigenvalue weighted by atomic mass is 35.5. The Bertz CT molecular complexity index is 589. The van der Waals surface area contributed by atoms with Crippen molar-refractivity contribution in [2.45, 2.75) is 38.3 Å². The van der Waals surface area contributed by atoms with Crippen LogP contribution in [0.1, 0.15) is 26.2 Å². The highest BCUT2D eigenvalue weighted by Gasteiger charge is 2.34. The molecule has 1 saturated carbocycles. The number of methoxy groups -OCH3 is 1. The molecule has 1 amide bonds. The molecule has 6 nitrogen and oxygen atoms in total. The molecule has 1 fully saturated rings. The second kappa shape index (κ2) is 7.66. The molecule has 1 aromatic carbocycles. The van der Waals surface area contributed by atoms with Crippen LogP contribution in [0, 0.1) is 0 Å². The molecule has 0 heterocycles. The van der Waals surface area contributed by atoms with E-state index in [0.717, 1.165) is 12.8 Å². The first-order valence-corrected chi connectivity index (χ1v) is 7.92. The molecule has 2 rings (SSSR count). The Morgan fingerprint density at radius 2 is 2.17 bits per heavy atom. The molecule has 0 aromatic heterocycles. The number of rotatable bonds is 8. The largest absolute Gasteiger partial charge is 0.495 e. The number of carbonyl (C=O) groups excluding carboxylic acids is 1. The van der Waals surface area contributed by atoms with Gasteiger partial charge in [0.15, 0.2) is 0 Å². The van der Waals surface area contributed by atoms with Gasteiger partial charge in [0.1, 0.15) is 11.8 Å². The van der Waals surface area contributed by atoms with Gasteiger partial charge in [-0.2, -0.15) is 0 Å². The number of carboxylic acid groups (broad SMARTS) is 1. The second-order valence-corrected chi connectivity index (χ2v) is 6.06. The van der Waals surface area contributed by atoms with Crippen LogP contribution in [0.4, 0.5) is 5.69 Å². The van der Waals surface area contributed by atoms with E-state index in [1.807, 2.05) is 4.90 Å². The van der Waals surface area contributed by atoms with Crippen molar-refractivity contribution >= 4 is 29.2 Å². The fraction of sp³-hybridized carbons (Fsp3) is 0.500. The number of carbonyl (C=O) groups is 2. The van der Waals surface area contributed by atoms with E-state index < -0.39 is 12.0 Å². The van der Waals surface area contributed by atoms with Crippen molar-refractivity contribution in [2.75, 3.05) is 19.0 Å². The molecule has 23 heavy (non-hydrogen) atoms. The molecule has 0 spiro atoms. The van der Waals surface area contributed by atoms with Gasteiger partial charge in [-0.3, -0.25) is 14.5 Å². The average Bonchev–Trinajstić information content (AvgIpc) is 3.32. The molecule has 1 aromatic rings. The summed E-state index contributed by atoms with van der Waals surface area (Å²) in [6.45, 7) is 2.06. The molecule has 2 N–H and O–H groups in total. The van der Waals surface area contributed by atoms with Crippen molar-refractivity contribution < 1.29 is 19.4 Å². The number of nitrogens with one attached hydrogen (secondary N) is 1. The van der Waals surface area contributed by atoms with Crippen LogP contribution in [0.3, 0.4) is 0 Å². The summed E-state index contributed by atoms with van der Waals surface area (Å²) in [4.78, 5) is 25.2. The minimum absolute atomic E-state index is 0.200. The number of carboxylic acids is 1. The van der Waals surface area contributed by atoms with Crippen LogP contribution in [-0.2, 0) is 9.59 Å². The number of benzene rings is 1. The van der Waals surface area contributed by atoms with Gasteiger partial charge in [0.2, 0.25) is 5.91 Å². The summed E-state index contributed by atoms with van der Waals surface area (Å²) >= 11 is 5.93. The predicted octanol–water partition coefficient (Wildman–Crippen LogP) is 2.61. The zero-order valence-electron chi connectivity index (χ0n) is 13.2. The Labute approximate surface area is 140 Å². The Morgan fingerprint density at radius 1 is 1.48 bits per heavy atom. The molecule has 126 valence electrons. The Hall–Kier alpha value is -1.79. The van der Waals surface area contributed by atoms with Gasteiger partial charge in [-0.1, -0.05) is 11.6 Å². The molecule has 1 atom stereocenters. The molecule has 0 saturated heterocycles. The molecule has 7 heteroatoms. The fourth-order valence-electron chi connectivity index (χ4n) is 2.46. The van der Waals surface area contributed by atoms with Gasteiger partial charge >= 0.3 is 5.97 Å². The molecular formula is C16H21ClN2O4. The van der Waals surface area contributed by atoms with E-state index in [1.54, 1.807) is 25.1 Å². The lowest BCUT2D eigenvalue weighted by Crippen LogP contribution is -2.42. The average molecular weight is 341 g/mol. The minimum atomic E-state index is -0.867. The molecule has 1 aliphatic rings. The topological polar surface area (TPSA) is 78.9 Å². The van der Waals surface area contributed by atoms with E-state index in [1.165, 1.54) is 7.11 Å². The zero-order valence-corrected chi connectivity index (χ0v) is 14.0. The van der Waals surface area contributed by atoms with Crippen molar-refractivity contribution in [3.8, 4) is 5.75 Å². The normalized spacial score (nSPS) is 15.3. The summed E-state index contributed by atoms with van der Waals surface area (Å²) in [5, 5.41) is 12.4. The first kappa shape index (κ1) is 17.6. The standard InChI is InChI=1S/C16H21ClN2O4/c1-10(16(21)22)19(12-4-5-12)8-7-15(20)18-13-9-11(17)3-6-14(13)23-2/h3,6,9-10,12H,4-5,7-8H2,1-2H3,(H,18,20)(H,21,22). The monoisotopic (exact) mass is 340 g/mol. The first-order valence-electron chi connectivity index (χ1n) is 7.54. The minimum Gasteiger partial charge on any atom is -0.495 e. The predicted molar refractivity (Wildman–Crippen MR) is 88.1 cm³/mol. The van der Waals surface area contributed by atoms with Gasteiger partial charge in [-0.25, -0.2) is 0 Å². The van der Waals surface area contributed by atoms with E-state index in [0.29, 0.717) is 23.0 Å². The maximum Gasteiger partial charge on any atom is 0.320 e. The number of hydrogen-bond acceptors (Lipinski definition) is 4. The van der Waals surface area contributed by atoms with Crippen LogP contribution in [0.5, 0.6) is 5.75 Å². The maximum atomic E-state index is 12.1. The highest BCUT2D eigenvalue weighted by molar-refractivity contribution is 6.31.